The fourth-order valence-corrected chi connectivity index (χ4v) is 1.72. The predicted octanol–water partition coefficient (Wildman–Crippen LogP) is 0.590. The highest BCUT2D eigenvalue weighted by atomic mass is 16.5. The number of rotatable bonds is 0. The Hall–Kier alpha value is -2.37. The Morgan fingerprint density at radius 3 is 3.06 bits per heavy atom. The van der Waals surface area contributed by atoms with Crippen LogP contribution in [0.25, 0.3) is 16.6 Å². The summed E-state index contributed by atoms with van der Waals surface area (Å²) in [5, 5.41) is 13.8. The van der Waals surface area contributed by atoms with E-state index in [0.717, 1.165) is 5.69 Å². The van der Waals surface area contributed by atoms with E-state index < -0.39 is 5.56 Å². The summed E-state index contributed by atoms with van der Waals surface area (Å²) in [6.45, 7) is 1.85. The molecule has 0 aliphatic rings. The van der Waals surface area contributed by atoms with Crippen molar-refractivity contribution in [3.05, 3.63) is 40.6 Å². The molecule has 3 aromatic rings. The van der Waals surface area contributed by atoms with Gasteiger partial charge in [-0.25, -0.2) is 9.50 Å². The van der Waals surface area contributed by atoms with Crippen LogP contribution < -0.4 is 5.56 Å². The molecular weight excluding hydrogens is 208 g/mol. The lowest BCUT2D eigenvalue weighted by atomic mass is 10.3. The smallest absolute Gasteiger partial charge is 0.293 e. The molecule has 3 heterocycles. The van der Waals surface area contributed by atoms with Crippen molar-refractivity contribution >= 4 is 16.6 Å². The summed E-state index contributed by atoms with van der Waals surface area (Å²) in [6, 6.07) is 3.45. The molecule has 0 saturated heterocycles. The summed E-state index contributed by atoms with van der Waals surface area (Å²) < 4.78 is 2.12. The van der Waals surface area contributed by atoms with Crippen molar-refractivity contribution in [2.45, 2.75) is 6.92 Å². The van der Waals surface area contributed by atoms with Crippen LogP contribution in [0.15, 0.2) is 29.3 Å². The van der Waals surface area contributed by atoms with Gasteiger partial charge < -0.3 is 5.21 Å². The summed E-state index contributed by atoms with van der Waals surface area (Å²) in [5.74, 6) is 0. The van der Waals surface area contributed by atoms with Crippen molar-refractivity contribution in [2.24, 2.45) is 0 Å². The average Bonchev–Trinajstić information content (AvgIpc) is 2.63. The van der Waals surface area contributed by atoms with Gasteiger partial charge >= 0.3 is 0 Å². The summed E-state index contributed by atoms with van der Waals surface area (Å²) in [6.07, 6.45) is 2.74. The van der Waals surface area contributed by atoms with Crippen LogP contribution >= 0.6 is 0 Å². The van der Waals surface area contributed by atoms with Gasteiger partial charge in [-0.2, -0.15) is 9.83 Å². The third-order valence-electron chi connectivity index (χ3n) is 2.45. The highest BCUT2D eigenvalue weighted by Gasteiger charge is 2.07. The van der Waals surface area contributed by atoms with E-state index in [2.05, 4.69) is 10.1 Å². The Morgan fingerprint density at radius 2 is 2.25 bits per heavy atom. The number of aryl methyl sites for hydroxylation is 1. The second-order valence-corrected chi connectivity index (χ2v) is 3.58. The van der Waals surface area contributed by atoms with E-state index in [1.807, 2.05) is 13.0 Å². The summed E-state index contributed by atoms with van der Waals surface area (Å²) >= 11 is 0. The molecule has 0 amide bonds. The van der Waals surface area contributed by atoms with Crippen LogP contribution in [-0.4, -0.2) is 24.5 Å². The molecule has 3 aromatic heterocycles. The zero-order chi connectivity index (χ0) is 11.3. The monoisotopic (exact) mass is 216 g/mol. The normalized spacial score (nSPS) is 11.3. The Kier molecular flexibility index (Phi) is 1.57. The van der Waals surface area contributed by atoms with Crippen molar-refractivity contribution < 1.29 is 5.21 Å². The number of hydrogen-bond acceptors (Lipinski definition) is 4. The quantitative estimate of drug-likeness (QED) is 0.558. The molecule has 0 spiro atoms. The second kappa shape index (κ2) is 2.82. The third-order valence-corrected chi connectivity index (χ3v) is 2.45. The van der Waals surface area contributed by atoms with E-state index in [4.69, 9.17) is 0 Å². The number of nitrogens with zero attached hydrogens (tertiary/aromatic N) is 4. The molecule has 0 bridgehead atoms. The van der Waals surface area contributed by atoms with Crippen LogP contribution in [0, 0.1) is 6.92 Å². The van der Waals surface area contributed by atoms with Crippen molar-refractivity contribution in [1.82, 2.24) is 19.3 Å². The molecule has 0 unspecified atom stereocenters. The third kappa shape index (κ3) is 1.04. The van der Waals surface area contributed by atoms with E-state index in [9.17, 15) is 10.0 Å². The summed E-state index contributed by atoms with van der Waals surface area (Å²) in [5.41, 5.74) is 1.64. The molecule has 6 nitrogen and oxygen atoms in total. The van der Waals surface area contributed by atoms with E-state index >= 15 is 0 Å². The minimum Gasteiger partial charge on any atom is -0.425 e. The van der Waals surface area contributed by atoms with Crippen molar-refractivity contribution in [1.29, 1.82) is 0 Å². The number of hydrogen-bond donors (Lipinski definition) is 1. The van der Waals surface area contributed by atoms with Gasteiger partial charge in [0.15, 0.2) is 5.65 Å². The van der Waals surface area contributed by atoms with Crippen molar-refractivity contribution in [3.63, 3.8) is 0 Å². The van der Waals surface area contributed by atoms with Crippen LogP contribution in [-0.2, 0) is 0 Å². The minimum atomic E-state index is -0.500. The first-order valence-corrected chi connectivity index (χ1v) is 4.73. The van der Waals surface area contributed by atoms with Gasteiger partial charge in [0.2, 0.25) is 0 Å². The van der Waals surface area contributed by atoms with Crippen LogP contribution in [0.4, 0.5) is 0 Å². The Bertz CT molecular complexity index is 756. The molecule has 0 aliphatic heterocycles. The highest BCUT2D eigenvalue weighted by Crippen LogP contribution is 2.11. The molecule has 6 heteroatoms. The van der Waals surface area contributed by atoms with E-state index in [1.54, 1.807) is 10.6 Å². The summed E-state index contributed by atoms with van der Waals surface area (Å²) in [7, 11) is 0. The van der Waals surface area contributed by atoms with Crippen LogP contribution in [0.3, 0.4) is 0 Å². The van der Waals surface area contributed by atoms with Gasteiger partial charge in [0.1, 0.15) is 0 Å². The first kappa shape index (κ1) is 8.90. The van der Waals surface area contributed by atoms with Gasteiger partial charge in [0.05, 0.1) is 16.6 Å². The number of pyridine rings is 1. The molecule has 0 aliphatic carbocycles. The maximum atomic E-state index is 11.6. The Morgan fingerprint density at radius 1 is 1.44 bits per heavy atom. The van der Waals surface area contributed by atoms with Gasteiger partial charge in [0, 0.05) is 18.5 Å². The van der Waals surface area contributed by atoms with E-state index in [0.29, 0.717) is 21.3 Å². The average molecular weight is 216 g/mol. The first-order chi connectivity index (χ1) is 7.66. The van der Waals surface area contributed by atoms with Gasteiger partial charge in [-0.3, -0.25) is 4.79 Å². The lowest BCUT2D eigenvalue weighted by Gasteiger charge is -2.01. The second-order valence-electron chi connectivity index (χ2n) is 3.58. The van der Waals surface area contributed by atoms with E-state index in [1.165, 1.54) is 12.4 Å². The molecule has 80 valence electrons. The number of fused-ring (bicyclic) bond motifs is 3. The highest BCUT2D eigenvalue weighted by molar-refractivity contribution is 5.79. The lowest BCUT2D eigenvalue weighted by Crippen LogP contribution is -2.17. The van der Waals surface area contributed by atoms with Crippen molar-refractivity contribution in [3.8, 4) is 0 Å². The Labute approximate surface area is 89.3 Å². The number of aromatic nitrogens is 4. The first-order valence-electron chi connectivity index (χ1n) is 4.73. The molecule has 16 heavy (non-hydrogen) atoms. The van der Waals surface area contributed by atoms with Gasteiger partial charge in [0.25, 0.3) is 5.56 Å². The van der Waals surface area contributed by atoms with Gasteiger partial charge in [-0.1, -0.05) is 0 Å². The molecular formula is C10H8N4O2. The van der Waals surface area contributed by atoms with E-state index in [-0.39, 0.29) is 0 Å². The molecule has 0 atom stereocenters. The maximum Gasteiger partial charge on any atom is 0.293 e. The fourth-order valence-electron chi connectivity index (χ4n) is 1.72. The largest absolute Gasteiger partial charge is 0.425 e. The predicted molar refractivity (Wildman–Crippen MR) is 56.7 cm³/mol. The van der Waals surface area contributed by atoms with Crippen LogP contribution in [0.1, 0.15) is 5.69 Å². The van der Waals surface area contributed by atoms with Gasteiger partial charge in [-0.05, 0) is 13.0 Å². The zero-order valence-electron chi connectivity index (χ0n) is 8.45. The fraction of sp³-hybridized carbons (Fsp3) is 0.100. The van der Waals surface area contributed by atoms with Crippen LogP contribution in [0.5, 0.6) is 0 Å². The van der Waals surface area contributed by atoms with Gasteiger partial charge in [-0.15, -0.1) is 0 Å². The summed E-state index contributed by atoms with van der Waals surface area (Å²) in [4.78, 5) is 15.7. The molecule has 1 N–H and O–H groups in total. The SMILES string of the molecule is Cc1cc2ncc3c(=O)n(O)ccc3n2n1. The minimum absolute atomic E-state index is 0.334. The maximum absolute atomic E-state index is 11.6. The van der Waals surface area contributed by atoms with Crippen LogP contribution in [0.2, 0.25) is 0 Å². The lowest BCUT2D eigenvalue weighted by molar-refractivity contribution is 0.176. The molecule has 3 rings (SSSR count). The Balaban J connectivity index is 2.62. The zero-order valence-corrected chi connectivity index (χ0v) is 8.45. The molecule has 0 radical (unpaired) electrons. The molecule has 0 aromatic carbocycles. The molecule has 0 fully saturated rings. The van der Waals surface area contributed by atoms with Crippen molar-refractivity contribution in [2.75, 3.05) is 0 Å². The topological polar surface area (TPSA) is 72.4 Å². The standard InChI is InChI=1S/C10H8N4O2/c1-6-4-9-11-5-7-8(14(9)12-6)2-3-13(16)10(7)15/h2-5,16H,1H3. The molecule has 0 saturated carbocycles.